The molecular weight excluding hydrogens is 300 g/mol. The molecule has 2 aromatic carbocycles. The van der Waals surface area contributed by atoms with E-state index in [2.05, 4.69) is 22.5 Å². The van der Waals surface area contributed by atoms with Crippen LogP contribution in [0.15, 0.2) is 48.6 Å². The van der Waals surface area contributed by atoms with Crippen LogP contribution in [-0.4, -0.2) is 28.8 Å². The van der Waals surface area contributed by atoms with Gasteiger partial charge in [-0.2, -0.15) is 5.10 Å². The smallest absolute Gasteiger partial charge is 0.250 e. The molecule has 0 aliphatic carbocycles. The summed E-state index contributed by atoms with van der Waals surface area (Å²) >= 11 is 0. The zero-order chi connectivity index (χ0) is 17.4. The Morgan fingerprint density at radius 3 is 2.83 bits per heavy atom. The Balaban J connectivity index is 1.73. The van der Waals surface area contributed by atoms with E-state index in [-0.39, 0.29) is 6.17 Å². The van der Waals surface area contributed by atoms with Crippen LogP contribution in [0.4, 0.5) is 0 Å². The van der Waals surface area contributed by atoms with Gasteiger partial charge in [-0.25, -0.2) is 4.68 Å². The van der Waals surface area contributed by atoms with Gasteiger partial charge in [-0.05, 0) is 49.1 Å². The molecule has 4 rings (SSSR count). The van der Waals surface area contributed by atoms with Gasteiger partial charge in [0.15, 0.2) is 0 Å². The van der Waals surface area contributed by atoms with Crippen molar-refractivity contribution in [1.29, 1.82) is 0 Å². The molecule has 5 heteroatoms. The lowest BCUT2D eigenvalue weighted by Crippen LogP contribution is -2.28. The molecule has 0 unspecified atom stereocenters. The van der Waals surface area contributed by atoms with Gasteiger partial charge in [0, 0.05) is 18.1 Å². The summed E-state index contributed by atoms with van der Waals surface area (Å²) in [5.74, 6) is 0.00632. The topological polar surface area (TPSA) is 72.9 Å². The van der Waals surface area contributed by atoms with Crippen LogP contribution >= 0.6 is 0 Å². The Morgan fingerprint density at radius 2 is 2.12 bits per heavy atom. The molecule has 1 aliphatic heterocycles. The van der Waals surface area contributed by atoms with Gasteiger partial charge in [-0.1, -0.05) is 24.3 Å². The Kier molecular flexibility index (Phi) is 3.49. The minimum Gasteiger partial charge on any atom is -0.366 e. The zero-order valence-corrected chi connectivity index (χ0v) is 13.3. The number of hydrogen-bond acceptors (Lipinski definition) is 3. The van der Waals surface area contributed by atoms with Crippen LogP contribution in [0.25, 0.3) is 16.6 Å². The van der Waals surface area contributed by atoms with E-state index < -0.39 is 5.91 Å². The van der Waals surface area contributed by atoms with E-state index in [4.69, 9.17) is 7.10 Å². The lowest BCUT2D eigenvalue weighted by Gasteiger charge is -2.23. The summed E-state index contributed by atoms with van der Waals surface area (Å²) in [6.45, 7) is 2.11. The van der Waals surface area contributed by atoms with Gasteiger partial charge in [-0.15, -0.1) is 0 Å². The maximum absolute atomic E-state index is 11.6. The first-order chi connectivity index (χ1) is 12.1. The van der Waals surface area contributed by atoms with E-state index in [1.54, 1.807) is 22.9 Å². The second-order valence-electron chi connectivity index (χ2n) is 6.22. The third-order valence-electron chi connectivity index (χ3n) is 4.63. The van der Waals surface area contributed by atoms with Crippen molar-refractivity contribution in [2.45, 2.75) is 18.8 Å². The van der Waals surface area contributed by atoms with E-state index in [1.807, 2.05) is 12.1 Å². The largest absolute Gasteiger partial charge is 0.366 e. The van der Waals surface area contributed by atoms with Gasteiger partial charge in [0.1, 0.15) is 5.52 Å². The van der Waals surface area contributed by atoms with Crippen molar-refractivity contribution in [3.05, 3.63) is 59.8 Å². The number of primary amides is 1. The summed E-state index contributed by atoms with van der Waals surface area (Å²) in [6.07, 6.45) is 2.65. The number of aromatic nitrogens is 2. The average molecular weight is 321 g/mol. The minimum atomic E-state index is -0.532. The fraction of sp³-hybridized carbons (Fsp3) is 0.263. The molecule has 3 aromatic rings. The third kappa shape index (κ3) is 2.67. The van der Waals surface area contributed by atoms with Crippen LogP contribution in [0.2, 0.25) is 0 Å². The lowest BCUT2D eigenvalue weighted by atomic mass is 9.92. The molecule has 2 heterocycles. The number of nitrogens with zero attached hydrogens (tertiary/aromatic N) is 2. The van der Waals surface area contributed by atoms with Crippen molar-refractivity contribution in [1.82, 2.24) is 15.1 Å². The normalized spacial score (nSPS) is 18.5. The zero-order valence-electron chi connectivity index (χ0n) is 14.3. The van der Waals surface area contributed by atoms with Gasteiger partial charge in [-0.3, -0.25) is 4.79 Å². The fourth-order valence-electron chi connectivity index (χ4n) is 3.33. The Morgan fingerprint density at radius 1 is 1.29 bits per heavy atom. The standard InChI is InChI=1S/C19H20N4O/c20-19(24)17-5-1-3-15-12-23(22-18(15)17)16-8-6-13(7-9-16)14-4-2-10-21-11-14/h1,3,5-9,12,14,21H,2,4,10-11H2,(H2,20,24)/t14-/m0/s1/i12D. The highest BCUT2D eigenvalue weighted by atomic mass is 16.1. The van der Waals surface area contributed by atoms with E-state index in [0.717, 1.165) is 18.8 Å². The molecule has 1 fully saturated rings. The van der Waals surface area contributed by atoms with E-state index >= 15 is 0 Å². The number of nitrogens with one attached hydrogen (secondary N) is 1. The molecule has 0 saturated carbocycles. The van der Waals surface area contributed by atoms with Crippen molar-refractivity contribution < 1.29 is 6.17 Å². The molecule has 3 N–H and O–H groups in total. The van der Waals surface area contributed by atoms with Crippen LogP contribution in [0.1, 0.15) is 36.1 Å². The van der Waals surface area contributed by atoms with Crippen molar-refractivity contribution in [3.8, 4) is 5.69 Å². The number of nitrogens with two attached hydrogens (primary N) is 1. The Bertz CT molecular complexity index is 926. The van der Waals surface area contributed by atoms with Crippen LogP contribution in [0.5, 0.6) is 0 Å². The molecule has 1 amide bonds. The van der Waals surface area contributed by atoms with E-state index in [1.165, 1.54) is 18.4 Å². The van der Waals surface area contributed by atoms with Crippen LogP contribution in [0, 0.1) is 0 Å². The predicted molar refractivity (Wildman–Crippen MR) is 94.4 cm³/mol. The number of amides is 1. The van der Waals surface area contributed by atoms with Crippen LogP contribution in [-0.2, 0) is 0 Å². The molecule has 0 spiro atoms. The van der Waals surface area contributed by atoms with Crippen molar-refractivity contribution in [2.75, 3.05) is 13.1 Å². The lowest BCUT2D eigenvalue weighted by molar-refractivity contribution is 0.100. The number of piperidine rings is 1. The quantitative estimate of drug-likeness (QED) is 0.779. The SMILES string of the molecule is [2H]c1c2cccc(C(N)=O)c2nn1-c1ccc([C@H]2CCCNC2)cc1. The predicted octanol–water partition coefficient (Wildman–Crippen LogP) is 2.59. The number of carbonyl (C=O) groups excluding carboxylic acids is 1. The summed E-state index contributed by atoms with van der Waals surface area (Å²) < 4.78 is 9.94. The fourth-order valence-corrected chi connectivity index (χ4v) is 3.33. The van der Waals surface area contributed by atoms with Crippen molar-refractivity contribution in [3.63, 3.8) is 0 Å². The first-order valence-corrected chi connectivity index (χ1v) is 8.24. The molecular formula is C19H20N4O. The average Bonchev–Trinajstić information content (AvgIpc) is 2.99. The first kappa shape index (κ1) is 13.7. The number of hydrogen-bond donors (Lipinski definition) is 2. The Hall–Kier alpha value is -2.66. The third-order valence-corrected chi connectivity index (χ3v) is 4.63. The highest BCUT2D eigenvalue weighted by Gasteiger charge is 2.15. The number of rotatable bonds is 3. The first-order valence-electron chi connectivity index (χ1n) is 8.74. The number of carbonyl (C=O) groups is 1. The number of fused-ring (bicyclic) bond motifs is 1. The molecule has 0 bridgehead atoms. The highest BCUT2D eigenvalue weighted by Crippen LogP contribution is 2.25. The van der Waals surface area contributed by atoms with Crippen molar-refractivity contribution in [2.24, 2.45) is 5.73 Å². The van der Waals surface area contributed by atoms with E-state index in [0.29, 0.717) is 22.4 Å². The molecule has 1 saturated heterocycles. The second kappa shape index (κ2) is 6.09. The van der Waals surface area contributed by atoms with E-state index in [9.17, 15) is 4.79 Å². The summed E-state index contributed by atoms with van der Waals surface area (Å²) in [7, 11) is 0. The van der Waals surface area contributed by atoms with Gasteiger partial charge >= 0.3 is 0 Å². The maximum Gasteiger partial charge on any atom is 0.250 e. The summed E-state index contributed by atoms with van der Waals surface area (Å²) in [5.41, 5.74) is 8.35. The highest BCUT2D eigenvalue weighted by molar-refractivity contribution is 6.04. The van der Waals surface area contributed by atoms with Gasteiger partial charge in [0.05, 0.1) is 12.6 Å². The molecule has 24 heavy (non-hydrogen) atoms. The Labute approximate surface area is 141 Å². The molecule has 1 atom stereocenters. The number of benzene rings is 2. The van der Waals surface area contributed by atoms with Crippen LogP contribution < -0.4 is 11.1 Å². The summed E-state index contributed by atoms with van der Waals surface area (Å²) in [6, 6.07) is 13.3. The summed E-state index contributed by atoms with van der Waals surface area (Å²) in [5, 5.41) is 8.52. The van der Waals surface area contributed by atoms with Gasteiger partial charge in [0.25, 0.3) is 5.91 Å². The van der Waals surface area contributed by atoms with Gasteiger partial charge < -0.3 is 11.1 Å². The molecule has 122 valence electrons. The van der Waals surface area contributed by atoms with Crippen LogP contribution in [0.3, 0.4) is 0 Å². The molecule has 1 aromatic heterocycles. The van der Waals surface area contributed by atoms with Gasteiger partial charge in [0.2, 0.25) is 0 Å². The minimum absolute atomic E-state index is 0.255. The summed E-state index contributed by atoms with van der Waals surface area (Å²) in [4.78, 5) is 11.6. The maximum atomic E-state index is 11.6. The van der Waals surface area contributed by atoms with Crippen molar-refractivity contribution >= 4 is 16.8 Å². The molecule has 5 nitrogen and oxygen atoms in total. The molecule has 0 radical (unpaired) electrons. The second-order valence-corrected chi connectivity index (χ2v) is 6.22. The monoisotopic (exact) mass is 321 g/mol. The molecule has 1 aliphatic rings.